The highest BCUT2D eigenvalue weighted by Gasteiger charge is 2.55. The van der Waals surface area contributed by atoms with Crippen molar-refractivity contribution in [2.45, 2.75) is 263 Å². The van der Waals surface area contributed by atoms with Gasteiger partial charge in [-0.25, -0.2) is 0 Å². The third kappa shape index (κ3) is 36.0. The second-order valence-corrected chi connectivity index (χ2v) is 25.9. The van der Waals surface area contributed by atoms with E-state index in [0.29, 0.717) is 12.8 Å². The Labute approximate surface area is 446 Å². The minimum atomic E-state index is -4.12. The van der Waals surface area contributed by atoms with Gasteiger partial charge in [-0.1, -0.05) is 214 Å². The molecule has 0 fully saturated rings. The summed E-state index contributed by atoms with van der Waals surface area (Å²) in [6.07, 6.45) is -28.0. The summed E-state index contributed by atoms with van der Waals surface area (Å²) in [7, 11) is 0. The first kappa shape index (κ1) is 88.4. The van der Waals surface area contributed by atoms with Crippen LogP contribution in [0.4, 0.5) is 92.2 Å². The first-order valence-corrected chi connectivity index (χ1v) is 25.8. The summed E-state index contributed by atoms with van der Waals surface area (Å²) in [6, 6.07) is 0. The van der Waals surface area contributed by atoms with E-state index in [1.807, 2.05) is 41.5 Å². The van der Waals surface area contributed by atoms with E-state index < -0.39 is 106 Å². The van der Waals surface area contributed by atoms with E-state index in [2.05, 4.69) is 0 Å². The number of alkyl halides is 21. The molecule has 21 heteroatoms. The van der Waals surface area contributed by atoms with Crippen molar-refractivity contribution in [3.8, 4) is 0 Å². The SMILES string of the molecule is CC(C)(C)C(C)(C)C(F)(F)F.CC(C)(C)C(C)(C)C(F)(F)F.CC(C)C(C)(C)C(C)C(F)(F)F.CC(C)[C@@H](C)C(C)C(F)(F)F.CC(C)[C@@H](C)C(C)C(F)(F)F.CCC(C)(C)CC(F)(F)F.CCC(C)[C@@H](C)C(F)(F)F. The van der Waals surface area contributed by atoms with Gasteiger partial charge in [-0.15, -0.1) is 0 Å². The molecule has 0 saturated heterocycles. The molecule has 0 nitrogen and oxygen atoms in total. The van der Waals surface area contributed by atoms with Crippen LogP contribution in [0.15, 0.2) is 0 Å². The van der Waals surface area contributed by atoms with Crippen LogP contribution in [0, 0.1) is 91.7 Å². The van der Waals surface area contributed by atoms with Crippen LogP contribution >= 0.6 is 0 Å². The van der Waals surface area contributed by atoms with Gasteiger partial charge in [-0.3, -0.25) is 0 Å². The molecular formula is C55H103F21. The molecule has 7 atom stereocenters. The third-order valence-electron chi connectivity index (χ3n) is 16.6. The van der Waals surface area contributed by atoms with E-state index in [1.165, 1.54) is 55.4 Å². The number of halogens is 21. The van der Waals surface area contributed by atoms with Gasteiger partial charge in [0.1, 0.15) is 0 Å². The smallest absolute Gasteiger partial charge is 0.171 e. The molecule has 0 heterocycles. The molecule has 0 aromatic rings. The van der Waals surface area contributed by atoms with Crippen LogP contribution in [0.25, 0.3) is 0 Å². The molecule has 0 aromatic carbocycles. The Balaban J connectivity index is -0.000000146. The van der Waals surface area contributed by atoms with Crippen LogP contribution in [0.1, 0.15) is 220 Å². The second-order valence-electron chi connectivity index (χ2n) is 25.9. The normalized spacial score (nSPS) is 16.7. The lowest BCUT2D eigenvalue weighted by Crippen LogP contribution is -2.43. The average Bonchev–Trinajstić information content (AvgIpc) is 3.16. The Kier molecular flexibility index (Phi) is 37.5. The third-order valence-corrected chi connectivity index (χ3v) is 16.6. The number of hydrogen-bond acceptors (Lipinski definition) is 0. The molecule has 0 rings (SSSR count). The highest BCUT2D eigenvalue weighted by molar-refractivity contribution is 4.89. The molecular weight excluding hydrogens is 1060 g/mol. The maximum atomic E-state index is 12.3. The molecule has 0 radical (unpaired) electrons. The molecule has 0 aromatic heterocycles. The van der Waals surface area contributed by atoms with Crippen molar-refractivity contribution in [1.82, 2.24) is 0 Å². The Morgan fingerprint density at radius 1 is 0.329 bits per heavy atom. The lowest BCUT2D eigenvalue weighted by molar-refractivity contribution is -0.244. The molecule has 0 spiro atoms. The summed E-state index contributed by atoms with van der Waals surface area (Å²) < 4.78 is 254. The van der Waals surface area contributed by atoms with Crippen LogP contribution in [0.2, 0.25) is 0 Å². The Morgan fingerprint density at radius 2 is 0.566 bits per heavy atom. The summed E-state index contributed by atoms with van der Waals surface area (Å²) in [6.45, 7) is 45.4. The van der Waals surface area contributed by atoms with Crippen molar-refractivity contribution < 1.29 is 92.2 Å². The number of rotatable bonds is 10. The Morgan fingerprint density at radius 3 is 0.618 bits per heavy atom. The summed E-state index contributed by atoms with van der Waals surface area (Å²) in [5.41, 5.74) is -6.02. The second kappa shape index (κ2) is 32.2. The van der Waals surface area contributed by atoms with Crippen LogP contribution in [-0.4, -0.2) is 43.2 Å². The van der Waals surface area contributed by atoms with Gasteiger partial charge in [-0.05, 0) is 57.2 Å². The molecule has 470 valence electrons. The first-order valence-electron chi connectivity index (χ1n) is 25.8. The van der Waals surface area contributed by atoms with E-state index >= 15 is 0 Å². The first-order chi connectivity index (χ1) is 32.3. The minimum absolute atomic E-state index is 0.0362. The predicted molar refractivity (Wildman–Crippen MR) is 270 cm³/mol. The van der Waals surface area contributed by atoms with Gasteiger partial charge in [0, 0.05) is 6.42 Å². The molecule has 0 aliphatic heterocycles. The molecule has 0 saturated carbocycles. The fourth-order valence-electron chi connectivity index (χ4n) is 4.87. The highest BCUT2D eigenvalue weighted by atomic mass is 19.4. The van der Waals surface area contributed by atoms with Crippen LogP contribution in [0.5, 0.6) is 0 Å². The topological polar surface area (TPSA) is 0 Å². The van der Waals surface area contributed by atoms with Crippen molar-refractivity contribution in [2.75, 3.05) is 0 Å². The zero-order chi connectivity index (χ0) is 64.4. The van der Waals surface area contributed by atoms with Crippen LogP contribution in [-0.2, 0) is 0 Å². The molecule has 0 N–H and O–H groups in total. The maximum absolute atomic E-state index is 12.3. The average molecular weight is 1160 g/mol. The zero-order valence-corrected chi connectivity index (χ0v) is 51.3. The molecule has 0 aliphatic carbocycles. The fourth-order valence-corrected chi connectivity index (χ4v) is 4.87. The van der Waals surface area contributed by atoms with E-state index in [-0.39, 0.29) is 35.5 Å². The van der Waals surface area contributed by atoms with Crippen molar-refractivity contribution in [2.24, 2.45) is 91.7 Å². The van der Waals surface area contributed by atoms with Gasteiger partial charge in [-0.2, -0.15) is 92.2 Å². The maximum Gasteiger partial charge on any atom is 0.394 e. The molecule has 0 aliphatic rings. The monoisotopic (exact) mass is 1160 g/mol. The minimum Gasteiger partial charge on any atom is -0.171 e. The highest BCUT2D eigenvalue weighted by Crippen LogP contribution is 2.51. The van der Waals surface area contributed by atoms with Crippen LogP contribution in [0.3, 0.4) is 0 Å². The summed E-state index contributed by atoms with van der Waals surface area (Å²) in [4.78, 5) is 0. The Bertz CT molecular complexity index is 1370. The summed E-state index contributed by atoms with van der Waals surface area (Å²) in [5, 5.41) is 0. The van der Waals surface area contributed by atoms with Gasteiger partial charge in [0.25, 0.3) is 0 Å². The largest absolute Gasteiger partial charge is 0.394 e. The standard InChI is InChI=1S/C9H17F3.4C8H15F3.2C7H13F3/c1-6(2)8(4,5)7(3)9(10,11)12;2*1-6(2,3)7(4,5)8(9,10)11;2*1-5(2)6(3)7(4)8(9,10)11;1-4-6(2,3)5-7(8,9)10;1-4-5(2)6(3)7(8,9)10/h6-7H,1-5H3;2*1-5H3;2*5-7H,1-4H3;4-5H2,1-3H3;5-6H,4H2,1-3H3/t;;;2*6-,7?;;5?,6-/m...11.1/s1. The number of hydrogen-bond donors (Lipinski definition) is 0. The van der Waals surface area contributed by atoms with Gasteiger partial charge < -0.3 is 0 Å². The van der Waals surface area contributed by atoms with E-state index in [4.69, 9.17) is 0 Å². The van der Waals surface area contributed by atoms with Gasteiger partial charge in [0.2, 0.25) is 0 Å². The molecule has 0 amide bonds. The van der Waals surface area contributed by atoms with Crippen LogP contribution < -0.4 is 0 Å². The van der Waals surface area contributed by atoms with Crippen molar-refractivity contribution in [3.05, 3.63) is 0 Å². The molecule has 0 bridgehead atoms. The van der Waals surface area contributed by atoms with E-state index in [0.717, 1.165) is 0 Å². The van der Waals surface area contributed by atoms with Gasteiger partial charge >= 0.3 is 43.2 Å². The lowest BCUT2D eigenvalue weighted by atomic mass is 9.69. The fraction of sp³-hybridized carbons (Fsp3) is 1.00. The van der Waals surface area contributed by atoms with Crippen molar-refractivity contribution >= 4 is 0 Å². The van der Waals surface area contributed by atoms with Crippen molar-refractivity contribution in [3.63, 3.8) is 0 Å². The predicted octanol–water partition coefficient (Wildman–Crippen LogP) is 24.7. The lowest BCUT2D eigenvalue weighted by Gasteiger charge is -2.40. The van der Waals surface area contributed by atoms with Crippen molar-refractivity contribution in [1.29, 1.82) is 0 Å². The molecule has 4 unspecified atom stereocenters. The van der Waals surface area contributed by atoms with Gasteiger partial charge in [0.05, 0.1) is 34.5 Å². The Hall–Kier alpha value is -1.47. The quantitative estimate of drug-likeness (QED) is 0.191. The summed E-state index contributed by atoms with van der Waals surface area (Å²) >= 11 is 0. The van der Waals surface area contributed by atoms with E-state index in [1.54, 1.807) is 104 Å². The summed E-state index contributed by atoms with van der Waals surface area (Å²) in [5.74, 6) is -5.44. The van der Waals surface area contributed by atoms with E-state index in [9.17, 15) is 92.2 Å². The zero-order valence-electron chi connectivity index (χ0n) is 51.3. The van der Waals surface area contributed by atoms with Gasteiger partial charge in [0.15, 0.2) is 0 Å². The molecule has 76 heavy (non-hydrogen) atoms.